The molecule has 0 nitrogen and oxygen atoms in total. The molecule has 0 spiro atoms. The van der Waals surface area contributed by atoms with E-state index in [9.17, 15) is 0 Å². The maximum absolute atomic E-state index is 3.58. The van der Waals surface area contributed by atoms with Gasteiger partial charge in [-0.2, -0.15) is 0 Å². The molecule has 0 atom stereocenters. The third kappa shape index (κ3) is 0.703. The highest BCUT2D eigenvalue weighted by atomic mass is 13.9. The first kappa shape index (κ1) is 4.17. The molecule has 0 saturated carbocycles. The predicted molar refractivity (Wildman–Crippen MR) is 30.9 cm³/mol. The Morgan fingerprint density at radius 2 is 2.57 bits per heavy atom. The number of hydrogen-bond acceptors (Lipinski definition) is 0. The summed E-state index contributed by atoms with van der Waals surface area (Å²) in [6.45, 7) is 3.58. The lowest BCUT2D eigenvalue weighted by Crippen LogP contribution is -1.57. The molecule has 0 aliphatic heterocycles. The van der Waals surface area contributed by atoms with Crippen molar-refractivity contribution in [3.8, 4) is 0 Å². The second-order valence-corrected chi connectivity index (χ2v) is 1.35. The zero-order valence-electron chi connectivity index (χ0n) is 4.02. The van der Waals surface area contributed by atoms with Gasteiger partial charge in [0.1, 0.15) is 0 Å². The molecule has 1 aliphatic carbocycles. The van der Waals surface area contributed by atoms with Crippen molar-refractivity contribution in [1.82, 2.24) is 0 Å². The van der Waals surface area contributed by atoms with E-state index in [4.69, 9.17) is 0 Å². The van der Waals surface area contributed by atoms with Gasteiger partial charge in [-0.3, -0.25) is 0 Å². The maximum atomic E-state index is 3.58. The minimum Gasteiger partial charge on any atom is -0.120 e. The van der Waals surface area contributed by atoms with Gasteiger partial charge < -0.3 is 0 Å². The molecule has 0 saturated heterocycles. The van der Waals surface area contributed by atoms with E-state index in [1.807, 2.05) is 18.2 Å². The van der Waals surface area contributed by atoms with Gasteiger partial charge in [-0.05, 0) is 23.8 Å². The van der Waals surface area contributed by atoms with Gasteiger partial charge in [-0.1, -0.05) is 12.7 Å². The fraction of sp³-hybridized carbons (Fsp3) is 0. The smallest absolute Gasteiger partial charge is 0.0127 e. The zero-order valence-corrected chi connectivity index (χ0v) is 4.02. The Morgan fingerprint density at radius 3 is 2.86 bits per heavy atom. The van der Waals surface area contributed by atoms with Crippen LogP contribution in [0.25, 0.3) is 0 Å². The van der Waals surface area contributed by atoms with Gasteiger partial charge in [0.15, 0.2) is 0 Å². The molecular weight excluding hydrogens is 84.1 g/mol. The van der Waals surface area contributed by atoms with Crippen molar-refractivity contribution in [2.45, 2.75) is 0 Å². The van der Waals surface area contributed by atoms with Crippen LogP contribution in [0, 0.1) is 0 Å². The van der Waals surface area contributed by atoms with Gasteiger partial charge in [0.25, 0.3) is 0 Å². The Labute approximate surface area is 43.2 Å². The molecule has 0 unspecified atom stereocenters. The van der Waals surface area contributed by atoms with Gasteiger partial charge in [0.05, 0.1) is 0 Å². The molecule has 0 radical (unpaired) electrons. The van der Waals surface area contributed by atoms with Crippen molar-refractivity contribution in [3.05, 3.63) is 42.2 Å². The first-order valence-electron chi connectivity index (χ1n) is 2.18. The van der Waals surface area contributed by atoms with Crippen LogP contribution in [0.15, 0.2) is 42.2 Å². The monoisotopic (exact) mass is 90.0 g/mol. The Kier molecular flexibility index (Phi) is 0.972. The topological polar surface area (TPSA) is 0 Å². The molecule has 34 valence electrons. The van der Waals surface area contributed by atoms with Crippen LogP contribution in [-0.2, 0) is 0 Å². The molecule has 1 aliphatic rings. The van der Waals surface area contributed by atoms with Crippen molar-refractivity contribution in [2.75, 3.05) is 0 Å². The van der Waals surface area contributed by atoms with E-state index >= 15 is 0 Å². The lowest BCUT2D eigenvalue weighted by molar-refractivity contribution is 1.78. The highest BCUT2D eigenvalue weighted by Crippen LogP contribution is 2.01. The van der Waals surface area contributed by atoms with E-state index in [0.717, 1.165) is 5.57 Å². The summed E-state index contributed by atoms with van der Waals surface area (Å²) in [5.41, 5.74) is 4.05. The lowest BCUT2D eigenvalue weighted by Gasteiger charge is -1.76. The largest absolute Gasteiger partial charge is 0.120 e. The number of rotatable bonds is 1. The molecule has 0 fully saturated rings. The average Bonchev–Trinajstić information content (AvgIpc) is 2.14. The second-order valence-electron chi connectivity index (χ2n) is 1.35. The quantitative estimate of drug-likeness (QED) is 0.431. The number of allylic oxidation sites excluding steroid dienone is 4. The van der Waals surface area contributed by atoms with E-state index in [1.165, 1.54) is 0 Å². The van der Waals surface area contributed by atoms with Crippen molar-refractivity contribution in [1.29, 1.82) is 0 Å². The van der Waals surface area contributed by atoms with Crippen LogP contribution in [-0.4, -0.2) is 0 Å². The summed E-state index contributed by atoms with van der Waals surface area (Å²) >= 11 is 0. The summed E-state index contributed by atoms with van der Waals surface area (Å²) in [5, 5.41) is 0. The van der Waals surface area contributed by atoms with E-state index in [0.29, 0.717) is 0 Å². The zero-order chi connectivity index (χ0) is 5.11. The number of hydrogen-bond donors (Lipinski definition) is 0. The Balaban J connectivity index is 2.81. The third-order valence-electron chi connectivity index (χ3n) is 0.858. The Hall–Kier alpha value is -1.00. The molecule has 0 aromatic rings. The van der Waals surface area contributed by atoms with Gasteiger partial charge >= 0.3 is 0 Å². The van der Waals surface area contributed by atoms with Crippen molar-refractivity contribution >= 4 is 0 Å². The average molecular weight is 90.1 g/mol. The minimum absolute atomic E-state index is 1.14. The summed E-state index contributed by atoms with van der Waals surface area (Å²) < 4.78 is 0. The van der Waals surface area contributed by atoms with Crippen molar-refractivity contribution in [3.63, 3.8) is 0 Å². The summed E-state index contributed by atoms with van der Waals surface area (Å²) in [6.07, 6.45) is 7.54. The molecule has 0 N–H and O–H groups in total. The Morgan fingerprint density at radius 1 is 1.71 bits per heavy atom. The molecule has 1 rings (SSSR count). The highest BCUT2D eigenvalue weighted by molar-refractivity contribution is 5.36. The van der Waals surface area contributed by atoms with E-state index in [-0.39, 0.29) is 0 Å². The highest BCUT2D eigenvalue weighted by Gasteiger charge is 1.81. The normalized spacial score (nSPS) is 14.6. The summed E-state index contributed by atoms with van der Waals surface area (Å²) in [4.78, 5) is 0. The molecule has 0 aromatic carbocycles. The van der Waals surface area contributed by atoms with Crippen LogP contribution >= 0.6 is 0 Å². The maximum Gasteiger partial charge on any atom is -0.0127 e. The first-order valence-corrected chi connectivity index (χ1v) is 2.18. The molecule has 0 amide bonds. The van der Waals surface area contributed by atoms with Crippen molar-refractivity contribution < 1.29 is 0 Å². The van der Waals surface area contributed by atoms with Crippen molar-refractivity contribution in [2.24, 2.45) is 0 Å². The van der Waals surface area contributed by atoms with Crippen LogP contribution < -0.4 is 0 Å². The minimum atomic E-state index is 1.14. The fourth-order valence-electron chi connectivity index (χ4n) is 0.464. The molecule has 7 heavy (non-hydrogen) atoms. The second kappa shape index (κ2) is 1.63. The lowest BCUT2D eigenvalue weighted by atomic mass is 10.3. The summed E-state index contributed by atoms with van der Waals surface area (Å²) in [6, 6.07) is 0. The molecule has 0 aromatic heterocycles. The van der Waals surface area contributed by atoms with Gasteiger partial charge in [0, 0.05) is 0 Å². The van der Waals surface area contributed by atoms with Gasteiger partial charge in [-0.25, -0.2) is 0 Å². The van der Waals surface area contributed by atoms with Gasteiger partial charge in [-0.15, -0.1) is 5.73 Å². The third-order valence-corrected chi connectivity index (χ3v) is 0.858. The van der Waals surface area contributed by atoms with Crippen LogP contribution in [0.3, 0.4) is 0 Å². The van der Waals surface area contributed by atoms with E-state index < -0.39 is 0 Å². The standard InChI is InChI=1S/C7H6/c1-2-7-5-3-4-6-7/h2-3,5-6H,1H2. The summed E-state index contributed by atoms with van der Waals surface area (Å²) in [5.74, 6) is 0. The van der Waals surface area contributed by atoms with Gasteiger partial charge in [0.2, 0.25) is 0 Å². The van der Waals surface area contributed by atoms with E-state index in [1.54, 1.807) is 6.08 Å². The van der Waals surface area contributed by atoms with Crippen LogP contribution in [0.1, 0.15) is 0 Å². The molecule has 0 heteroatoms. The molecule has 0 heterocycles. The molecular formula is C7H6. The Bertz CT molecular complexity index is 164. The molecule has 0 bridgehead atoms. The summed E-state index contributed by atoms with van der Waals surface area (Å²) in [7, 11) is 0. The fourth-order valence-corrected chi connectivity index (χ4v) is 0.464. The first-order chi connectivity index (χ1) is 3.43. The van der Waals surface area contributed by atoms with E-state index in [2.05, 4.69) is 12.3 Å². The SMILES string of the molecule is C=CC1=CC=C=C1. The predicted octanol–water partition coefficient (Wildman–Crippen LogP) is 1.82. The van der Waals surface area contributed by atoms with Crippen LogP contribution in [0.2, 0.25) is 0 Å². The van der Waals surface area contributed by atoms with Crippen LogP contribution in [0.5, 0.6) is 0 Å². The van der Waals surface area contributed by atoms with Crippen LogP contribution in [0.4, 0.5) is 0 Å².